The first-order valence-corrected chi connectivity index (χ1v) is 53.1. The van der Waals surface area contributed by atoms with Crippen LogP contribution in [0.3, 0.4) is 0 Å². The Balaban J connectivity index is 0.000000102. The summed E-state index contributed by atoms with van der Waals surface area (Å²) >= 11 is 5.58. The number of hydrogen-bond donors (Lipinski definition) is 0. The fraction of sp³-hybridized carbons (Fsp3) is 0. The summed E-state index contributed by atoms with van der Waals surface area (Å²) in [6, 6.07) is 178. The highest BCUT2D eigenvalue weighted by Crippen LogP contribution is 2.52. The number of nitrogens with zero attached hydrogens (tertiary/aromatic N) is 7. The van der Waals surface area contributed by atoms with Gasteiger partial charge in [0.05, 0.1) is 38.0 Å². The van der Waals surface area contributed by atoms with Gasteiger partial charge in [-0.3, -0.25) is 9.13 Å². The van der Waals surface area contributed by atoms with E-state index in [4.69, 9.17) is 24.9 Å². The second-order valence-electron chi connectivity index (χ2n) is 39.0. The van der Waals surface area contributed by atoms with Crippen LogP contribution in [0, 0.1) is 0 Å². The monoisotopic (exact) mass is 1940 g/mol. The van der Waals surface area contributed by atoms with E-state index in [1.54, 1.807) is 11.3 Å². The lowest BCUT2D eigenvalue weighted by atomic mass is 9.90. The van der Waals surface area contributed by atoms with Crippen molar-refractivity contribution < 1.29 is 0 Å². The molecule has 0 aliphatic heterocycles. The zero-order valence-electron chi connectivity index (χ0n) is 80.1. The molecule has 0 amide bonds. The third-order valence-corrected chi connectivity index (χ3v) is 34.4. The van der Waals surface area contributed by atoms with Gasteiger partial charge in [-0.2, -0.15) is 9.97 Å². The number of rotatable bonds is 8. The van der Waals surface area contributed by atoms with E-state index in [1.807, 2.05) is 46.9 Å². The molecule has 7 heterocycles. The molecule has 0 aliphatic rings. The van der Waals surface area contributed by atoms with Gasteiger partial charge in [0.25, 0.3) is 0 Å². The summed E-state index contributed by atoms with van der Waals surface area (Å²) in [6.07, 6.45) is 0. The van der Waals surface area contributed by atoms with Crippen molar-refractivity contribution in [1.29, 1.82) is 0 Å². The highest BCUT2D eigenvalue weighted by molar-refractivity contribution is 7.27. The van der Waals surface area contributed by atoms with Crippen LogP contribution in [0.15, 0.2) is 491 Å². The Morgan fingerprint density at radius 2 is 0.503 bits per heavy atom. The van der Waals surface area contributed by atoms with Crippen LogP contribution in [0.5, 0.6) is 0 Å². The minimum Gasteiger partial charge on any atom is -0.278 e. The number of fused-ring (bicyclic) bond motifs is 39. The van der Waals surface area contributed by atoms with Crippen LogP contribution in [-0.2, 0) is 0 Å². The fourth-order valence-electron chi connectivity index (χ4n) is 24.0. The predicted octanol–water partition coefficient (Wildman–Crippen LogP) is 39.2. The summed E-state index contributed by atoms with van der Waals surface area (Å²) in [5.41, 5.74) is 16.5. The Bertz CT molecular complexity index is 11500. The quantitative estimate of drug-likeness (QED) is 0.142. The Morgan fingerprint density at radius 1 is 0.154 bits per heavy atom. The second-order valence-corrected chi connectivity index (χ2v) is 42.2. The number of aromatic nitrogens is 7. The first kappa shape index (κ1) is 84.7. The van der Waals surface area contributed by atoms with Crippen LogP contribution >= 0.6 is 34.0 Å². The van der Waals surface area contributed by atoms with Gasteiger partial charge >= 0.3 is 0 Å². The van der Waals surface area contributed by atoms with Crippen molar-refractivity contribution in [3.8, 4) is 79.3 Å². The molecule has 0 aliphatic carbocycles. The largest absolute Gasteiger partial charge is 0.278 e. The molecule has 33 aromatic rings. The highest BCUT2D eigenvalue weighted by atomic mass is 32.1. The molecule has 10 heteroatoms. The molecule has 0 saturated carbocycles. The maximum absolute atomic E-state index is 5.51. The minimum atomic E-state index is 0.585. The third-order valence-electron chi connectivity index (χ3n) is 30.8. The molecule has 0 N–H and O–H groups in total. The summed E-state index contributed by atoms with van der Waals surface area (Å²) in [5, 5.41) is 41.9. The van der Waals surface area contributed by atoms with Gasteiger partial charge in [0.2, 0.25) is 11.9 Å². The first-order valence-electron chi connectivity index (χ1n) is 50.6. The molecule has 0 bridgehead atoms. The zero-order valence-corrected chi connectivity index (χ0v) is 82.6. The molecule has 7 nitrogen and oxygen atoms in total. The lowest BCUT2D eigenvalue weighted by Crippen LogP contribution is -2.06. The molecule has 26 aromatic carbocycles. The molecule has 0 unspecified atom stereocenters. The molecular weight excluding hydrogens is 1860 g/mol. The molecule has 33 rings (SSSR count). The number of hydrogen-bond acceptors (Lipinski definition) is 8. The summed E-state index contributed by atoms with van der Waals surface area (Å²) in [7, 11) is 0. The molecule has 0 radical (unpaired) electrons. The SMILES string of the molecule is c1ccc(-c2ccc(-c3nc(-c4ccccc4)nc(-n4c5ccccc5c5cc6c7ccccc7c7ccc8ccccc8c7c6cc54)n3)cc2)cc1.c1ccc(-c2ccc(-c3nc(-n4c5ccccc5c5cc6c(cc54)c4ccccc4c4ccc5ccccc5c46)nc4c3sc3ccccc34)cc2)cc1.c1ccc2c(c1)ccc1c3ccccc3c3cc4c(cc3c21)sc1ccc(-c2cccc3c2sc2ccccc23)cc14. The van der Waals surface area contributed by atoms with Gasteiger partial charge in [-0.25, -0.2) is 15.0 Å². The van der Waals surface area contributed by atoms with E-state index in [0.29, 0.717) is 23.5 Å². The van der Waals surface area contributed by atoms with Crippen molar-refractivity contribution >= 4 is 268 Å². The molecular formula is C139H81N7S3. The Kier molecular flexibility index (Phi) is 19.3. The topological polar surface area (TPSA) is 74.3 Å². The fourth-order valence-corrected chi connectivity index (χ4v) is 27.5. The number of benzene rings is 26. The van der Waals surface area contributed by atoms with Gasteiger partial charge in [0, 0.05) is 88.7 Å². The van der Waals surface area contributed by atoms with Crippen LogP contribution in [0.4, 0.5) is 0 Å². The average Bonchev–Trinajstić information content (AvgIpc) is 1.62. The average molecular weight is 1950 g/mol. The van der Waals surface area contributed by atoms with Crippen LogP contribution in [0.2, 0.25) is 0 Å². The summed E-state index contributed by atoms with van der Waals surface area (Å²) < 4.78 is 12.2. The van der Waals surface area contributed by atoms with Crippen molar-refractivity contribution in [3.05, 3.63) is 491 Å². The smallest absolute Gasteiger partial charge is 0.238 e. The van der Waals surface area contributed by atoms with Crippen molar-refractivity contribution in [1.82, 2.24) is 34.1 Å². The Hall–Kier alpha value is -18.8. The zero-order chi connectivity index (χ0) is 97.6. The predicted molar refractivity (Wildman–Crippen MR) is 638 cm³/mol. The summed E-state index contributed by atoms with van der Waals surface area (Å²) in [6.45, 7) is 0. The Labute approximate surface area is 865 Å². The van der Waals surface area contributed by atoms with E-state index in [0.717, 1.165) is 76.4 Å². The van der Waals surface area contributed by atoms with Gasteiger partial charge in [-0.1, -0.05) is 419 Å². The lowest BCUT2D eigenvalue weighted by Gasteiger charge is -2.14. The normalized spacial score (nSPS) is 12.0. The second kappa shape index (κ2) is 33.9. The number of para-hydroxylation sites is 2. The molecule has 0 atom stereocenters. The van der Waals surface area contributed by atoms with Crippen molar-refractivity contribution in [2.24, 2.45) is 0 Å². The van der Waals surface area contributed by atoms with E-state index in [9.17, 15) is 0 Å². The lowest BCUT2D eigenvalue weighted by molar-refractivity contribution is 0.954. The van der Waals surface area contributed by atoms with Crippen molar-refractivity contribution in [3.63, 3.8) is 0 Å². The van der Waals surface area contributed by atoms with Gasteiger partial charge in [-0.05, 0) is 235 Å². The van der Waals surface area contributed by atoms with Crippen LogP contribution in [0.1, 0.15) is 0 Å². The molecule has 149 heavy (non-hydrogen) atoms. The molecule has 690 valence electrons. The Morgan fingerprint density at radius 3 is 1.03 bits per heavy atom. The van der Waals surface area contributed by atoms with Gasteiger partial charge in [0.15, 0.2) is 11.6 Å². The summed E-state index contributed by atoms with van der Waals surface area (Å²) in [5.74, 6) is 2.52. The molecule has 0 fully saturated rings. The first-order chi connectivity index (χ1) is 73.9. The number of thiophene rings is 3. The maximum atomic E-state index is 5.51. The van der Waals surface area contributed by atoms with E-state index >= 15 is 0 Å². The van der Waals surface area contributed by atoms with E-state index in [-0.39, 0.29) is 0 Å². The highest BCUT2D eigenvalue weighted by Gasteiger charge is 2.27. The molecule has 7 aromatic heterocycles. The molecule has 0 spiro atoms. The van der Waals surface area contributed by atoms with E-state index in [1.165, 1.54) is 213 Å². The summed E-state index contributed by atoms with van der Waals surface area (Å²) in [4.78, 5) is 26.5. The van der Waals surface area contributed by atoms with E-state index < -0.39 is 0 Å². The van der Waals surface area contributed by atoms with Crippen molar-refractivity contribution in [2.45, 2.75) is 0 Å². The van der Waals surface area contributed by atoms with Gasteiger partial charge in [0.1, 0.15) is 0 Å². The minimum absolute atomic E-state index is 0.585. The van der Waals surface area contributed by atoms with E-state index in [2.05, 4.69) is 476 Å². The van der Waals surface area contributed by atoms with Gasteiger partial charge < -0.3 is 0 Å². The van der Waals surface area contributed by atoms with Crippen LogP contribution in [0.25, 0.3) is 313 Å². The third kappa shape index (κ3) is 13.5. The molecule has 0 saturated heterocycles. The maximum Gasteiger partial charge on any atom is 0.238 e. The standard InChI is InChI=1S/C50H29N3S.C49H30N4.C40H22S2/c1-2-12-30(13-3-1)31-22-24-33(25-23-31)47-49-48(39-19-9-11-21-45(39)54-49)52-50(51-47)53-43-20-10-8-18-37(43)41-28-42-40(29-44(41)53)36-17-7-6-16-35(36)38-27-26-32-14-4-5-15-34(32)46(38)42;1-3-13-31(14-4-1)32-23-25-35(26-24-32)48-50-47(34-16-5-2-6-17-34)51-49(52-48)53-44-22-12-11-21-39(44)42-29-41-38-20-10-9-19-37(38)40-28-27-33-15-7-8-18-36(33)46(40)43(41)30-45(42)53;1-2-9-25-23(8-1)16-18-30-27-10-3-4-11-28(27)32-21-34-33-20-24(17-19-37(33)41-38(34)22-35(32)39(25)30)26-13-7-14-31-29-12-5-6-15-36(29)42-40(26)31/h1-29H;1-30H;1-22H. The van der Waals surface area contributed by atoms with Crippen LogP contribution in [-0.4, -0.2) is 34.1 Å². The van der Waals surface area contributed by atoms with Gasteiger partial charge in [-0.15, -0.1) is 34.0 Å². The van der Waals surface area contributed by atoms with Crippen molar-refractivity contribution in [2.75, 3.05) is 0 Å². The van der Waals surface area contributed by atoms with Crippen LogP contribution < -0.4 is 0 Å².